The van der Waals surface area contributed by atoms with E-state index in [0.29, 0.717) is 13.0 Å². The number of rotatable bonds is 2. The van der Waals surface area contributed by atoms with Crippen molar-refractivity contribution in [3.05, 3.63) is 48.0 Å². The van der Waals surface area contributed by atoms with E-state index >= 15 is 0 Å². The van der Waals surface area contributed by atoms with Crippen LogP contribution in [0.2, 0.25) is 0 Å². The summed E-state index contributed by atoms with van der Waals surface area (Å²) < 4.78 is 5.64. The summed E-state index contributed by atoms with van der Waals surface area (Å²) in [5.74, 6) is 0. The fourth-order valence-corrected chi connectivity index (χ4v) is 1.87. The molecule has 0 saturated carbocycles. The summed E-state index contributed by atoms with van der Waals surface area (Å²) in [7, 11) is 0. The molecule has 1 atom stereocenters. The summed E-state index contributed by atoms with van der Waals surface area (Å²) >= 11 is 0. The van der Waals surface area contributed by atoms with Crippen LogP contribution in [0.3, 0.4) is 0 Å². The van der Waals surface area contributed by atoms with E-state index < -0.39 is 5.60 Å². The van der Waals surface area contributed by atoms with Crippen molar-refractivity contribution in [3.8, 4) is 0 Å². The van der Waals surface area contributed by atoms with Gasteiger partial charge in [-0.25, -0.2) is 0 Å². The lowest BCUT2D eigenvalue weighted by molar-refractivity contribution is -0.0427. The first kappa shape index (κ1) is 9.44. The second-order valence-corrected chi connectivity index (χ2v) is 3.73. The lowest BCUT2D eigenvalue weighted by Gasteiger charge is -2.25. The maximum absolute atomic E-state index is 9.42. The second kappa shape index (κ2) is 3.56. The second-order valence-electron chi connectivity index (χ2n) is 3.73. The molecule has 1 aliphatic heterocycles. The van der Waals surface area contributed by atoms with E-state index in [4.69, 9.17) is 4.74 Å². The van der Waals surface area contributed by atoms with E-state index in [0.717, 1.165) is 11.1 Å². The molecule has 14 heavy (non-hydrogen) atoms. The van der Waals surface area contributed by atoms with Gasteiger partial charge in [-0.05, 0) is 11.1 Å². The van der Waals surface area contributed by atoms with Crippen molar-refractivity contribution in [1.29, 1.82) is 0 Å². The Kier molecular flexibility index (Phi) is 2.40. The van der Waals surface area contributed by atoms with E-state index in [2.05, 4.69) is 6.58 Å². The van der Waals surface area contributed by atoms with Gasteiger partial charge in [-0.3, -0.25) is 0 Å². The minimum atomic E-state index is -0.543. The molecule has 0 aliphatic carbocycles. The highest BCUT2D eigenvalue weighted by Crippen LogP contribution is 2.37. The van der Waals surface area contributed by atoms with Gasteiger partial charge in [-0.15, -0.1) is 0 Å². The molecule has 2 heteroatoms. The molecule has 0 aromatic heterocycles. The Morgan fingerprint density at radius 3 is 2.57 bits per heavy atom. The molecular weight excluding hydrogens is 176 g/mol. The van der Waals surface area contributed by atoms with Gasteiger partial charge in [-0.2, -0.15) is 0 Å². The fourth-order valence-electron chi connectivity index (χ4n) is 1.87. The monoisotopic (exact) mass is 190 g/mol. The van der Waals surface area contributed by atoms with Crippen LogP contribution in [0, 0.1) is 0 Å². The predicted octanol–water partition coefficient (Wildman–Crippen LogP) is 1.85. The summed E-state index contributed by atoms with van der Waals surface area (Å²) in [6.45, 7) is 4.45. The number of benzene rings is 1. The Balaban J connectivity index is 2.34. The number of aliphatic hydroxyl groups is 1. The fraction of sp³-hybridized carbons (Fsp3) is 0.333. The first-order valence-corrected chi connectivity index (χ1v) is 4.74. The molecule has 0 bridgehead atoms. The van der Waals surface area contributed by atoms with Gasteiger partial charge in [0.2, 0.25) is 0 Å². The molecule has 1 aromatic rings. The third-order valence-corrected chi connectivity index (χ3v) is 2.64. The molecule has 1 unspecified atom stereocenters. The van der Waals surface area contributed by atoms with Crippen molar-refractivity contribution in [2.24, 2.45) is 0 Å². The Morgan fingerprint density at radius 1 is 1.36 bits per heavy atom. The van der Waals surface area contributed by atoms with E-state index in [1.165, 1.54) is 0 Å². The molecule has 74 valence electrons. The normalized spacial score (nSPS) is 26.8. The zero-order valence-corrected chi connectivity index (χ0v) is 8.07. The van der Waals surface area contributed by atoms with Crippen molar-refractivity contribution in [2.45, 2.75) is 12.0 Å². The maximum atomic E-state index is 9.42. The molecule has 2 nitrogen and oxygen atoms in total. The topological polar surface area (TPSA) is 29.5 Å². The average Bonchev–Trinajstić information content (AvgIpc) is 2.63. The highest BCUT2D eigenvalue weighted by atomic mass is 16.5. The number of hydrogen-bond acceptors (Lipinski definition) is 2. The number of aliphatic hydroxyl groups excluding tert-OH is 1. The van der Waals surface area contributed by atoms with E-state index in [-0.39, 0.29) is 6.61 Å². The molecule has 0 amide bonds. The smallest absolute Gasteiger partial charge is 0.120 e. The third-order valence-electron chi connectivity index (χ3n) is 2.64. The largest absolute Gasteiger partial charge is 0.393 e. The van der Waals surface area contributed by atoms with Crippen LogP contribution in [0.15, 0.2) is 42.5 Å². The van der Waals surface area contributed by atoms with Crippen LogP contribution in [-0.2, 0) is 10.3 Å². The lowest BCUT2D eigenvalue weighted by atomic mass is 9.90. The van der Waals surface area contributed by atoms with Crippen LogP contribution in [0.5, 0.6) is 0 Å². The number of hydrogen-bond donors (Lipinski definition) is 1. The van der Waals surface area contributed by atoms with Crippen molar-refractivity contribution in [3.63, 3.8) is 0 Å². The molecule has 1 aromatic carbocycles. The van der Waals surface area contributed by atoms with Crippen LogP contribution < -0.4 is 0 Å². The molecule has 1 saturated heterocycles. The predicted molar refractivity (Wildman–Crippen MR) is 54.9 cm³/mol. The summed E-state index contributed by atoms with van der Waals surface area (Å²) in [6, 6.07) is 9.83. The van der Waals surface area contributed by atoms with Gasteiger partial charge in [0.25, 0.3) is 0 Å². The first-order valence-electron chi connectivity index (χ1n) is 4.74. The molecule has 2 rings (SSSR count). The van der Waals surface area contributed by atoms with Gasteiger partial charge in [0.15, 0.2) is 0 Å². The average molecular weight is 190 g/mol. The molecule has 0 spiro atoms. The van der Waals surface area contributed by atoms with Crippen LogP contribution >= 0.6 is 0 Å². The SMILES string of the molecule is C=C1COC(CO)(c2ccccc2)C1. The molecule has 0 radical (unpaired) electrons. The standard InChI is InChI=1S/C12H14O2/c1-10-7-12(9-13,14-8-10)11-5-3-2-4-6-11/h2-6,13H,1,7-9H2. The van der Waals surface area contributed by atoms with Crippen molar-refractivity contribution in [1.82, 2.24) is 0 Å². The first-order chi connectivity index (χ1) is 6.77. The van der Waals surface area contributed by atoms with Crippen LogP contribution in [0.25, 0.3) is 0 Å². The van der Waals surface area contributed by atoms with Gasteiger partial charge < -0.3 is 9.84 Å². The molecule has 1 heterocycles. The highest BCUT2D eigenvalue weighted by molar-refractivity contribution is 5.27. The van der Waals surface area contributed by atoms with E-state index in [1.54, 1.807) is 0 Å². The molecular formula is C12H14O2. The quantitative estimate of drug-likeness (QED) is 0.721. The van der Waals surface area contributed by atoms with E-state index in [9.17, 15) is 5.11 Å². The van der Waals surface area contributed by atoms with Gasteiger partial charge in [0.1, 0.15) is 5.60 Å². The minimum absolute atomic E-state index is 0.00995. The van der Waals surface area contributed by atoms with Gasteiger partial charge in [0, 0.05) is 6.42 Å². The van der Waals surface area contributed by atoms with Gasteiger partial charge in [-0.1, -0.05) is 36.9 Å². The van der Waals surface area contributed by atoms with Crippen molar-refractivity contribution >= 4 is 0 Å². The zero-order valence-electron chi connectivity index (χ0n) is 8.07. The summed E-state index contributed by atoms with van der Waals surface area (Å²) in [4.78, 5) is 0. The summed E-state index contributed by atoms with van der Waals surface area (Å²) in [6.07, 6.45) is 0.716. The van der Waals surface area contributed by atoms with Crippen LogP contribution in [0.4, 0.5) is 0 Å². The van der Waals surface area contributed by atoms with E-state index in [1.807, 2.05) is 30.3 Å². The molecule has 1 aliphatic rings. The van der Waals surface area contributed by atoms with Crippen molar-refractivity contribution in [2.75, 3.05) is 13.2 Å². The van der Waals surface area contributed by atoms with Crippen LogP contribution in [-0.4, -0.2) is 18.3 Å². The Morgan fingerprint density at radius 2 is 2.07 bits per heavy atom. The Bertz CT molecular complexity index is 331. The van der Waals surface area contributed by atoms with Crippen molar-refractivity contribution < 1.29 is 9.84 Å². The highest BCUT2D eigenvalue weighted by Gasteiger charge is 2.37. The Labute approximate surface area is 83.8 Å². The minimum Gasteiger partial charge on any atom is -0.393 e. The zero-order chi connectivity index (χ0) is 10.0. The lowest BCUT2D eigenvalue weighted by Crippen LogP contribution is -2.29. The van der Waals surface area contributed by atoms with Gasteiger partial charge in [0.05, 0.1) is 13.2 Å². The molecule has 1 N–H and O–H groups in total. The number of ether oxygens (including phenoxy) is 1. The summed E-state index contributed by atoms with van der Waals surface area (Å²) in [5, 5.41) is 9.42. The molecule has 1 fully saturated rings. The Hall–Kier alpha value is -1.12. The summed E-state index contributed by atoms with van der Waals surface area (Å²) in [5.41, 5.74) is 1.53. The van der Waals surface area contributed by atoms with Gasteiger partial charge >= 0.3 is 0 Å². The maximum Gasteiger partial charge on any atom is 0.120 e. The third kappa shape index (κ3) is 1.47. The van der Waals surface area contributed by atoms with Crippen LogP contribution in [0.1, 0.15) is 12.0 Å².